The second-order valence-corrected chi connectivity index (χ2v) is 10.2. The molecule has 0 aliphatic heterocycles. The zero-order valence-corrected chi connectivity index (χ0v) is 21.3. The number of sulfonamides is 1. The van der Waals surface area contributed by atoms with Gasteiger partial charge in [-0.15, -0.1) is 0 Å². The van der Waals surface area contributed by atoms with Crippen LogP contribution < -0.4 is 0 Å². The van der Waals surface area contributed by atoms with E-state index in [0.717, 1.165) is 16.9 Å². The van der Waals surface area contributed by atoms with Crippen LogP contribution >= 0.6 is 0 Å². The van der Waals surface area contributed by atoms with Crippen LogP contribution in [0.5, 0.6) is 0 Å². The molecule has 1 amide bonds. The van der Waals surface area contributed by atoms with Crippen molar-refractivity contribution in [1.82, 2.24) is 18.8 Å². The van der Waals surface area contributed by atoms with Gasteiger partial charge in [0.25, 0.3) is 0 Å². The summed E-state index contributed by atoms with van der Waals surface area (Å²) in [4.78, 5) is 19.4. The summed E-state index contributed by atoms with van der Waals surface area (Å²) in [5.74, 6) is 0.388. The second-order valence-electron chi connectivity index (χ2n) is 8.24. The van der Waals surface area contributed by atoms with Gasteiger partial charge in [-0.2, -0.15) is 4.31 Å². The number of benzene rings is 2. The predicted molar refractivity (Wildman–Crippen MR) is 131 cm³/mol. The number of amides is 1. The Morgan fingerprint density at radius 1 is 1.09 bits per heavy atom. The van der Waals surface area contributed by atoms with Gasteiger partial charge in [0.15, 0.2) is 0 Å². The van der Waals surface area contributed by atoms with Crippen molar-refractivity contribution in [2.24, 2.45) is 0 Å². The summed E-state index contributed by atoms with van der Waals surface area (Å²) in [5.41, 5.74) is 2.31. The lowest BCUT2D eigenvalue weighted by Crippen LogP contribution is -2.30. The summed E-state index contributed by atoms with van der Waals surface area (Å²) < 4.78 is 42.5. The number of nitrogens with zero attached hydrogens (tertiary/aromatic N) is 4. The Morgan fingerprint density at radius 2 is 1.74 bits per heavy atom. The van der Waals surface area contributed by atoms with Gasteiger partial charge in [0.05, 0.1) is 22.0 Å². The third-order valence-electron chi connectivity index (χ3n) is 6.35. The SMILES string of the molecule is CCN(CC)S(=O)(=O)c1ccc2c(c1)nc(CCC(=O)N(C)C(C)c1ccc(F)cc1)n2CC. The van der Waals surface area contributed by atoms with Crippen LogP contribution in [0.4, 0.5) is 4.39 Å². The van der Waals surface area contributed by atoms with E-state index in [1.165, 1.54) is 16.4 Å². The van der Waals surface area contributed by atoms with Gasteiger partial charge in [-0.3, -0.25) is 4.79 Å². The molecule has 0 fully saturated rings. The molecule has 0 radical (unpaired) electrons. The van der Waals surface area contributed by atoms with Crippen LogP contribution in [0.3, 0.4) is 0 Å². The Kier molecular flexibility index (Phi) is 8.09. The van der Waals surface area contributed by atoms with E-state index in [9.17, 15) is 17.6 Å². The molecule has 1 unspecified atom stereocenters. The van der Waals surface area contributed by atoms with Crippen molar-refractivity contribution < 1.29 is 17.6 Å². The third-order valence-corrected chi connectivity index (χ3v) is 8.39. The fourth-order valence-electron chi connectivity index (χ4n) is 4.15. The summed E-state index contributed by atoms with van der Waals surface area (Å²) in [7, 11) is -1.84. The monoisotopic (exact) mass is 488 g/mol. The van der Waals surface area contributed by atoms with E-state index in [4.69, 9.17) is 0 Å². The van der Waals surface area contributed by atoms with Crippen LogP contribution in [0.25, 0.3) is 11.0 Å². The first-order valence-corrected chi connectivity index (χ1v) is 13.1. The minimum atomic E-state index is -3.58. The van der Waals surface area contributed by atoms with Gasteiger partial charge in [-0.25, -0.2) is 17.8 Å². The lowest BCUT2D eigenvalue weighted by Gasteiger charge is -2.25. The van der Waals surface area contributed by atoms with Crippen LogP contribution in [0.15, 0.2) is 47.4 Å². The maximum atomic E-state index is 13.2. The first-order valence-electron chi connectivity index (χ1n) is 11.6. The van der Waals surface area contributed by atoms with Crippen LogP contribution in [-0.4, -0.2) is 53.2 Å². The topological polar surface area (TPSA) is 75.5 Å². The molecule has 3 rings (SSSR count). The molecule has 0 bridgehead atoms. The molecule has 0 saturated heterocycles. The van der Waals surface area contributed by atoms with Gasteiger partial charge in [0, 0.05) is 39.5 Å². The number of imidazole rings is 1. The van der Waals surface area contributed by atoms with Crippen LogP contribution in [0.2, 0.25) is 0 Å². The standard InChI is InChI=1S/C25H33FN4O3S/c1-6-29(7-2)34(32,33)21-13-14-23-22(17-21)27-24(30(23)8-3)15-16-25(31)28(5)18(4)19-9-11-20(26)12-10-19/h9-14,17-18H,6-8,15-16H2,1-5H3. The summed E-state index contributed by atoms with van der Waals surface area (Å²) >= 11 is 0. The van der Waals surface area contributed by atoms with E-state index in [0.29, 0.717) is 31.6 Å². The third kappa shape index (κ3) is 5.15. The molecule has 0 N–H and O–H groups in total. The van der Waals surface area contributed by atoms with E-state index in [1.807, 2.05) is 32.3 Å². The Hall–Kier alpha value is -2.78. The van der Waals surface area contributed by atoms with Gasteiger partial charge < -0.3 is 9.47 Å². The van der Waals surface area contributed by atoms with E-state index in [-0.39, 0.29) is 29.1 Å². The van der Waals surface area contributed by atoms with Crippen molar-refractivity contribution in [3.05, 3.63) is 59.7 Å². The van der Waals surface area contributed by atoms with Gasteiger partial charge in [0.2, 0.25) is 15.9 Å². The number of carbonyl (C=O) groups is 1. The van der Waals surface area contributed by atoms with Crippen molar-refractivity contribution in [1.29, 1.82) is 0 Å². The zero-order chi connectivity index (χ0) is 25.0. The van der Waals surface area contributed by atoms with Gasteiger partial charge in [-0.1, -0.05) is 26.0 Å². The number of rotatable bonds is 10. The van der Waals surface area contributed by atoms with Crippen LogP contribution in [-0.2, 0) is 27.8 Å². The maximum absolute atomic E-state index is 13.2. The molecular formula is C25H33FN4O3S. The molecule has 0 aliphatic carbocycles. The summed E-state index contributed by atoms with van der Waals surface area (Å²) in [5, 5.41) is 0. The van der Waals surface area contributed by atoms with Crippen molar-refractivity contribution in [3.8, 4) is 0 Å². The number of fused-ring (bicyclic) bond motifs is 1. The van der Waals surface area contributed by atoms with Crippen molar-refractivity contribution in [2.45, 2.75) is 58.0 Å². The highest BCUT2D eigenvalue weighted by molar-refractivity contribution is 7.89. The highest BCUT2D eigenvalue weighted by Gasteiger charge is 2.23. The van der Waals surface area contributed by atoms with E-state index < -0.39 is 10.0 Å². The van der Waals surface area contributed by atoms with Crippen molar-refractivity contribution >= 4 is 27.0 Å². The molecule has 7 nitrogen and oxygen atoms in total. The van der Waals surface area contributed by atoms with Gasteiger partial charge >= 0.3 is 0 Å². The highest BCUT2D eigenvalue weighted by atomic mass is 32.2. The average Bonchev–Trinajstić information content (AvgIpc) is 3.19. The quantitative estimate of drug-likeness (QED) is 0.425. The van der Waals surface area contributed by atoms with Gasteiger partial charge in [-0.05, 0) is 49.7 Å². The van der Waals surface area contributed by atoms with E-state index in [2.05, 4.69) is 4.98 Å². The maximum Gasteiger partial charge on any atom is 0.243 e. The smallest absolute Gasteiger partial charge is 0.243 e. The van der Waals surface area contributed by atoms with E-state index in [1.54, 1.807) is 42.3 Å². The Morgan fingerprint density at radius 3 is 2.32 bits per heavy atom. The van der Waals surface area contributed by atoms with Crippen LogP contribution in [0, 0.1) is 5.82 Å². The summed E-state index contributed by atoms with van der Waals surface area (Å²) in [6, 6.07) is 11.0. The molecule has 0 spiro atoms. The molecule has 2 aromatic carbocycles. The van der Waals surface area contributed by atoms with Gasteiger partial charge in [0.1, 0.15) is 11.6 Å². The fourth-order valence-corrected chi connectivity index (χ4v) is 5.63. The minimum absolute atomic E-state index is 0.0451. The molecule has 34 heavy (non-hydrogen) atoms. The largest absolute Gasteiger partial charge is 0.339 e. The molecule has 1 heterocycles. The predicted octanol–water partition coefficient (Wildman–Crippen LogP) is 4.38. The van der Waals surface area contributed by atoms with E-state index >= 15 is 0 Å². The number of hydrogen-bond acceptors (Lipinski definition) is 4. The summed E-state index contributed by atoms with van der Waals surface area (Å²) in [6.07, 6.45) is 0.690. The molecule has 0 saturated carbocycles. The fraction of sp³-hybridized carbons (Fsp3) is 0.440. The van der Waals surface area contributed by atoms with Crippen molar-refractivity contribution in [3.63, 3.8) is 0 Å². The normalized spacial score (nSPS) is 12.9. The highest BCUT2D eigenvalue weighted by Crippen LogP contribution is 2.24. The number of carbonyl (C=O) groups excluding carboxylic acids is 1. The molecule has 0 aliphatic rings. The molecule has 1 atom stereocenters. The molecule has 1 aromatic heterocycles. The average molecular weight is 489 g/mol. The minimum Gasteiger partial charge on any atom is -0.339 e. The van der Waals surface area contributed by atoms with Crippen LogP contribution in [0.1, 0.15) is 51.5 Å². The number of halogens is 1. The number of hydrogen-bond donors (Lipinski definition) is 0. The number of aromatic nitrogens is 2. The zero-order valence-electron chi connectivity index (χ0n) is 20.5. The summed E-state index contributed by atoms with van der Waals surface area (Å²) in [6.45, 7) is 8.99. The lowest BCUT2D eigenvalue weighted by molar-refractivity contribution is -0.131. The lowest BCUT2D eigenvalue weighted by atomic mass is 10.1. The molecule has 9 heteroatoms. The Bertz CT molecular complexity index is 1250. The molecule has 184 valence electrons. The first-order chi connectivity index (χ1) is 16.1. The second kappa shape index (κ2) is 10.7. The molecular weight excluding hydrogens is 455 g/mol. The Balaban J connectivity index is 1.80. The number of aryl methyl sites for hydroxylation is 2. The molecule has 3 aromatic rings. The first kappa shape index (κ1) is 25.8. The Labute approximate surface area is 201 Å². The van der Waals surface area contributed by atoms with Crippen molar-refractivity contribution in [2.75, 3.05) is 20.1 Å².